The zero-order chi connectivity index (χ0) is 20.9. The third-order valence-electron chi connectivity index (χ3n) is 3.61. The van der Waals surface area contributed by atoms with Crippen molar-refractivity contribution in [2.75, 3.05) is 16.6 Å². The Balaban J connectivity index is 1.59. The van der Waals surface area contributed by atoms with E-state index in [4.69, 9.17) is 16.3 Å². The van der Waals surface area contributed by atoms with Gasteiger partial charge in [0.15, 0.2) is 6.61 Å². The van der Waals surface area contributed by atoms with Crippen LogP contribution in [0.5, 0.6) is 5.75 Å². The Morgan fingerprint density at radius 2 is 1.86 bits per heavy atom. The predicted molar refractivity (Wildman–Crippen MR) is 115 cm³/mol. The van der Waals surface area contributed by atoms with Gasteiger partial charge in [0, 0.05) is 16.9 Å². The van der Waals surface area contributed by atoms with E-state index >= 15 is 0 Å². The molecule has 0 aliphatic carbocycles. The molecule has 0 saturated carbocycles. The quantitative estimate of drug-likeness (QED) is 0.508. The number of rotatable bonds is 7. The predicted octanol–water partition coefficient (Wildman–Crippen LogP) is 4.32. The molecule has 1 aromatic heterocycles. The van der Waals surface area contributed by atoms with E-state index in [1.165, 1.54) is 30.5 Å². The monoisotopic (exact) mass is 495 g/mol. The molecule has 0 fully saturated rings. The van der Waals surface area contributed by atoms with Crippen LogP contribution < -0.4 is 14.8 Å². The molecule has 0 bridgehead atoms. The van der Waals surface area contributed by atoms with Gasteiger partial charge in [0.1, 0.15) is 5.75 Å². The minimum absolute atomic E-state index is 0.0562. The molecule has 7 nitrogen and oxygen atoms in total. The molecule has 10 heteroatoms. The smallest absolute Gasteiger partial charge is 0.262 e. The van der Waals surface area contributed by atoms with Gasteiger partial charge in [-0.2, -0.15) is 0 Å². The lowest BCUT2D eigenvalue weighted by Crippen LogP contribution is -2.20. The van der Waals surface area contributed by atoms with Gasteiger partial charge in [-0.05, 0) is 70.5 Å². The average molecular weight is 497 g/mol. The molecule has 150 valence electrons. The topological polar surface area (TPSA) is 97.4 Å². The number of aromatic nitrogens is 1. The minimum atomic E-state index is -3.76. The summed E-state index contributed by atoms with van der Waals surface area (Å²) >= 11 is 9.17. The van der Waals surface area contributed by atoms with Gasteiger partial charge in [-0.15, -0.1) is 0 Å². The van der Waals surface area contributed by atoms with Crippen molar-refractivity contribution in [2.45, 2.75) is 4.90 Å². The highest BCUT2D eigenvalue weighted by Crippen LogP contribution is 2.28. The number of hydrogen-bond donors (Lipinski definition) is 2. The molecular formula is C19H15BrClN3O4S. The number of pyridine rings is 1. The molecular weight excluding hydrogens is 482 g/mol. The summed E-state index contributed by atoms with van der Waals surface area (Å²) in [6.45, 7) is -0.219. The number of nitrogens with one attached hydrogen (secondary N) is 2. The maximum Gasteiger partial charge on any atom is 0.262 e. The van der Waals surface area contributed by atoms with Crippen molar-refractivity contribution in [3.8, 4) is 5.75 Å². The van der Waals surface area contributed by atoms with Crippen molar-refractivity contribution in [3.63, 3.8) is 0 Å². The molecule has 1 amide bonds. The first-order valence-corrected chi connectivity index (χ1v) is 10.9. The molecule has 0 atom stereocenters. The molecule has 0 aliphatic heterocycles. The van der Waals surface area contributed by atoms with Crippen molar-refractivity contribution in [3.05, 3.63) is 76.5 Å². The van der Waals surface area contributed by atoms with Crippen molar-refractivity contribution in [2.24, 2.45) is 0 Å². The summed E-state index contributed by atoms with van der Waals surface area (Å²) in [5, 5.41) is 3.18. The van der Waals surface area contributed by atoms with Crippen LogP contribution in [0.4, 0.5) is 11.4 Å². The third kappa shape index (κ3) is 5.93. The summed E-state index contributed by atoms with van der Waals surface area (Å²) in [6.07, 6.45) is 2.95. The van der Waals surface area contributed by atoms with Gasteiger partial charge < -0.3 is 10.1 Å². The molecule has 0 saturated heterocycles. The van der Waals surface area contributed by atoms with Crippen LogP contribution in [0.15, 0.2) is 76.4 Å². The molecule has 1 heterocycles. The fourth-order valence-corrected chi connectivity index (χ4v) is 4.13. The number of nitrogens with zero attached hydrogens (tertiary/aromatic N) is 1. The van der Waals surface area contributed by atoms with E-state index in [9.17, 15) is 13.2 Å². The van der Waals surface area contributed by atoms with Crippen LogP contribution in [-0.2, 0) is 14.8 Å². The van der Waals surface area contributed by atoms with Crippen molar-refractivity contribution in [1.29, 1.82) is 0 Å². The molecule has 3 aromatic rings. The number of carbonyl (C=O) groups is 1. The van der Waals surface area contributed by atoms with Crippen LogP contribution in [0.25, 0.3) is 0 Å². The normalized spacial score (nSPS) is 11.0. The Kier molecular flexibility index (Phi) is 6.73. The van der Waals surface area contributed by atoms with Crippen LogP contribution in [0.1, 0.15) is 0 Å². The standard InChI is InChI=1S/C19H15BrClN3O4S/c20-17-10-13(21)3-8-18(17)28-12-19(25)23-14-4-6-16(7-5-14)29(26,27)24-15-2-1-9-22-11-15/h1-11,24H,12H2,(H,23,25). The van der Waals surface area contributed by atoms with E-state index in [2.05, 4.69) is 31.0 Å². The van der Waals surface area contributed by atoms with E-state index in [1.54, 1.807) is 36.5 Å². The molecule has 0 unspecified atom stereocenters. The number of anilines is 2. The lowest BCUT2D eigenvalue weighted by Gasteiger charge is -2.10. The Hall–Kier alpha value is -2.62. The Morgan fingerprint density at radius 1 is 1.10 bits per heavy atom. The third-order valence-corrected chi connectivity index (χ3v) is 5.87. The van der Waals surface area contributed by atoms with E-state index in [0.29, 0.717) is 26.6 Å². The highest BCUT2D eigenvalue weighted by atomic mass is 79.9. The Morgan fingerprint density at radius 3 is 2.52 bits per heavy atom. The molecule has 2 N–H and O–H groups in total. The van der Waals surface area contributed by atoms with E-state index < -0.39 is 15.9 Å². The fraction of sp³-hybridized carbons (Fsp3) is 0.0526. The van der Waals surface area contributed by atoms with Gasteiger partial charge in [0.25, 0.3) is 15.9 Å². The van der Waals surface area contributed by atoms with Crippen LogP contribution >= 0.6 is 27.5 Å². The van der Waals surface area contributed by atoms with Crippen LogP contribution in [0.3, 0.4) is 0 Å². The molecule has 0 aliphatic rings. The largest absolute Gasteiger partial charge is 0.483 e. The number of ether oxygens (including phenoxy) is 1. The van der Waals surface area contributed by atoms with Gasteiger partial charge in [0.2, 0.25) is 0 Å². The first kappa shape index (κ1) is 21.1. The maximum absolute atomic E-state index is 12.4. The summed E-state index contributed by atoms with van der Waals surface area (Å²) in [5.74, 6) is 0.0865. The van der Waals surface area contributed by atoms with Crippen molar-refractivity contribution in [1.82, 2.24) is 4.98 Å². The average Bonchev–Trinajstić information content (AvgIpc) is 2.68. The second kappa shape index (κ2) is 9.25. The summed E-state index contributed by atoms with van der Waals surface area (Å²) < 4.78 is 33.3. The summed E-state index contributed by atoms with van der Waals surface area (Å²) in [7, 11) is -3.76. The van der Waals surface area contributed by atoms with Gasteiger partial charge in [0.05, 0.1) is 21.3 Å². The second-order valence-electron chi connectivity index (χ2n) is 5.78. The van der Waals surface area contributed by atoms with Gasteiger partial charge in [-0.3, -0.25) is 14.5 Å². The summed E-state index contributed by atoms with van der Waals surface area (Å²) in [6, 6.07) is 14.0. The first-order chi connectivity index (χ1) is 13.8. The number of sulfonamides is 1. The van der Waals surface area contributed by atoms with E-state index in [1.807, 2.05) is 0 Å². The highest BCUT2D eigenvalue weighted by molar-refractivity contribution is 9.10. The zero-order valence-corrected chi connectivity index (χ0v) is 18.0. The number of benzene rings is 2. The SMILES string of the molecule is O=C(COc1ccc(Cl)cc1Br)Nc1ccc(S(=O)(=O)Nc2cccnc2)cc1. The van der Waals surface area contributed by atoms with Gasteiger partial charge >= 0.3 is 0 Å². The molecule has 2 aromatic carbocycles. The van der Waals surface area contributed by atoms with E-state index in [-0.39, 0.29) is 11.5 Å². The maximum atomic E-state index is 12.4. The molecule has 0 radical (unpaired) electrons. The Bertz CT molecular complexity index is 1110. The van der Waals surface area contributed by atoms with Crippen molar-refractivity contribution < 1.29 is 17.9 Å². The molecule has 0 spiro atoms. The van der Waals surface area contributed by atoms with E-state index in [0.717, 1.165) is 0 Å². The second-order valence-corrected chi connectivity index (χ2v) is 8.76. The van der Waals surface area contributed by atoms with Crippen LogP contribution in [0, 0.1) is 0 Å². The number of carbonyl (C=O) groups excluding carboxylic acids is 1. The number of amides is 1. The van der Waals surface area contributed by atoms with Crippen LogP contribution in [0.2, 0.25) is 5.02 Å². The molecule has 3 rings (SSSR count). The fourth-order valence-electron chi connectivity index (χ4n) is 2.29. The summed E-state index contributed by atoms with van der Waals surface area (Å²) in [5.41, 5.74) is 0.796. The highest BCUT2D eigenvalue weighted by Gasteiger charge is 2.14. The number of hydrogen-bond acceptors (Lipinski definition) is 5. The first-order valence-electron chi connectivity index (χ1n) is 8.24. The summed E-state index contributed by atoms with van der Waals surface area (Å²) in [4.78, 5) is 16.0. The Labute approximate surface area is 181 Å². The van der Waals surface area contributed by atoms with Gasteiger partial charge in [-0.25, -0.2) is 8.42 Å². The van der Waals surface area contributed by atoms with Crippen LogP contribution in [-0.4, -0.2) is 25.9 Å². The van der Waals surface area contributed by atoms with Crippen molar-refractivity contribution >= 4 is 54.8 Å². The lowest BCUT2D eigenvalue weighted by molar-refractivity contribution is -0.118. The molecule has 29 heavy (non-hydrogen) atoms. The number of halogens is 2. The minimum Gasteiger partial charge on any atom is -0.483 e. The lowest BCUT2D eigenvalue weighted by atomic mass is 10.3. The zero-order valence-electron chi connectivity index (χ0n) is 14.8. The van der Waals surface area contributed by atoms with Gasteiger partial charge in [-0.1, -0.05) is 11.6 Å².